The third-order valence-corrected chi connectivity index (χ3v) is 4.41. The molecule has 128 valence electrons. The fraction of sp³-hybridized carbons (Fsp3) is 0.316. The zero-order valence-electron chi connectivity index (χ0n) is 13.8. The number of halogens is 1. The Morgan fingerprint density at radius 2 is 2.00 bits per heavy atom. The van der Waals surface area contributed by atoms with Crippen molar-refractivity contribution in [2.24, 2.45) is 0 Å². The van der Waals surface area contributed by atoms with E-state index in [0.717, 1.165) is 31.2 Å². The van der Waals surface area contributed by atoms with Gasteiger partial charge in [-0.3, -0.25) is 9.89 Å². The lowest BCUT2D eigenvalue weighted by Crippen LogP contribution is -2.36. The third-order valence-electron chi connectivity index (χ3n) is 4.41. The van der Waals surface area contributed by atoms with Crippen LogP contribution >= 0.6 is 0 Å². The predicted octanol–water partition coefficient (Wildman–Crippen LogP) is 3.57. The van der Waals surface area contributed by atoms with Crippen LogP contribution in [0.3, 0.4) is 0 Å². The Balaban J connectivity index is 1.81. The van der Waals surface area contributed by atoms with E-state index in [4.69, 9.17) is 0 Å². The van der Waals surface area contributed by atoms with Gasteiger partial charge in [0.1, 0.15) is 17.5 Å². The lowest BCUT2D eigenvalue weighted by Gasteiger charge is -2.22. The number of H-pyrrole nitrogens is 1. The van der Waals surface area contributed by atoms with E-state index in [1.165, 1.54) is 24.6 Å². The number of nitrogens with zero attached hydrogens (tertiary/aromatic N) is 2. The van der Waals surface area contributed by atoms with Gasteiger partial charge in [-0.15, -0.1) is 0 Å². The number of aromatic nitrogens is 2. The summed E-state index contributed by atoms with van der Waals surface area (Å²) < 4.78 is 13.1. The van der Waals surface area contributed by atoms with Crippen molar-refractivity contribution in [1.29, 1.82) is 5.26 Å². The molecule has 1 aromatic heterocycles. The molecule has 25 heavy (non-hydrogen) atoms. The topological polar surface area (TPSA) is 81.6 Å². The molecule has 1 aromatic carbocycles. The molecule has 1 saturated carbocycles. The number of carbonyl (C=O) groups excluding carboxylic acids is 1. The van der Waals surface area contributed by atoms with Crippen LogP contribution < -0.4 is 5.32 Å². The Hall–Kier alpha value is -2.94. The lowest BCUT2D eigenvalue weighted by molar-refractivity contribution is -0.117. The molecule has 2 aromatic rings. The van der Waals surface area contributed by atoms with Gasteiger partial charge < -0.3 is 5.32 Å². The summed E-state index contributed by atoms with van der Waals surface area (Å²) in [6.45, 7) is 0. The number of nitrogens with one attached hydrogen (secondary N) is 2. The van der Waals surface area contributed by atoms with Gasteiger partial charge in [0.15, 0.2) is 0 Å². The third kappa shape index (κ3) is 4.13. The van der Waals surface area contributed by atoms with E-state index in [1.54, 1.807) is 18.3 Å². The summed E-state index contributed by atoms with van der Waals surface area (Å²) in [4.78, 5) is 12.4. The molecular formula is C19H19FN4O. The van der Waals surface area contributed by atoms with Gasteiger partial charge in [-0.05, 0) is 43.2 Å². The largest absolute Gasteiger partial charge is 0.349 e. The lowest BCUT2D eigenvalue weighted by atomic mass is 9.95. The Labute approximate surface area is 145 Å². The maximum Gasteiger partial charge on any atom is 0.262 e. The van der Waals surface area contributed by atoms with Crippen molar-refractivity contribution in [3.05, 3.63) is 47.4 Å². The highest BCUT2D eigenvalue weighted by molar-refractivity contribution is 6.02. The monoisotopic (exact) mass is 338 g/mol. The summed E-state index contributed by atoms with van der Waals surface area (Å²) in [6.07, 6.45) is 8.38. The molecule has 6 heteroatoms. The Kier molecular flexibility index (Phi) is 5.24. The van der Waals surface area contributed by atoms with Crippen LogP contribution in [0.5, 0.6) is 0 Å². The summed E-state index contributed by atoms with van der Waals surface area (Å²) >= 11 is 0. The van der Waals surface area contributed by atoms with E-state index in [1.807, 2.05) is 6.07 Å². The zero-order chi connectivity index (χ0) is 17.6. The molecule has 2 N–H and O–H groups in total. The van der Waals surface area contributed by atoms with Gasteiger partial charge in [-0.1, -0.05) is 19.3 Å². The first-order chi connectivity index (χ1) is 12.2. The van der Waals surface area contributed by atoms with Gasteiger partial charge >= 0.3 is 0 Å². The summed E-state index contributed by atoms with van der Waals surface area (Å²) in [5, 5.41) is 19.1. The first-order valence-corrected chi connectivity index (χ1v) is 8.39. The van der Waals surface area contributed by atoms with Crippen molar-refractivity contribution >= 4 is 12.0 Å². The van der Waals surface area contributed by atoms with Crippen molar-refractivity contribution < 1.29 is 9.18 Å². The minimum absolute atomic E-state index is 0.0373. The number of carbonyl (C=O) groups is 1. The minimum Gasteiger partial charge on any atom is -0.349 e. The highest BCUT2D eigenvalue weighted by Gasteiger charge is 2.18. The molecule has 1 aliphatic rings. The predicted molar refractivity (Wildman–Crippen MR) is 92.6 cm³/mol. The molecule has 1 amide bonds. The van der Waals surface area contributed by atoms with Crippen LogP contribution in [-0.4, -0.2) is 22.1 Å². The quantitative estimate of drug-likeness (QED) is 0.660. The molecule has 0 aliphatic heterocycles. The number of hydrogen-bond acceptors (Lipinski definition) is 3. The van der Waals surface area contributed by atoms with Crippen LogP contribution in [-0.2, 0) is 4.79 Å². The molecule has 0 atom stereocenters. The van der Waals surface area contributed by atoms with Crippen molar-refractivity contribution in [2.45, 2.75) is 38.1 Å². The minimum atomic E-state index is -0.361. The number of aromatic amines is 1. The molecule has 0 spiro atoms. The van der Waals surface area contributed by atoms with E-state index in [2.05, 4.69) is 15.5 Å². The maximum absolute atomic E-state index is 13.1. The average Bonchev–Trinajstić information content (AvgIpc) is 3.09. The first-order valence-electron chi connectivity index (χ1n) is 8.39. The van der Waals surface area contributed by atoms with Crippen molar-refractivity contribution in [2.75, 3.05) is 0 Å². The van der Waals surface area contributed by atoms with E-state index in [-0.39, 0.29) is 23.3 Å². The second kappa shape index (κ2) is 7.75. The van der Waals surface area contributed by atoms with Gasteiger partial charge in [0.05, 0.1) is 11.9 Å². The van der Waals surface area contributed by atoms with Crippen molar-refractivity contribution in [1.82, 2.24) is 15.5 Å². The zero-order valence-corrected chi connectivity index (χ0v) is 13.8. The summed E-state index contributed by atoms with van der Waals surface area (Å²) in [5.41, 5.74) is 2.02. The Morgan fingerprint density at radius 3 is 2.68 bits per heavy atom. The van der Waals surface area contributed by atoms with Crippen LogP contribution in [0.1, 0.15) is 37.7 Å². The van der Waals surface area contributed by atoms with Crippen LogP contribution in [0.15, 0.2) is 36.0 Å². The fourth-order valence-electron chi connectivity index (χ4n) is 3.07. The highest BCUT2D eigenvalue weighted by atomic mass is 19.1. The number of benzene rings is 1. The van der Waals surface area contributed by atoms with Crippen molar-refractivity contribution in [3.8, 4) is 17.3 Å². The maximum atomic E-state index is 13.1. The summed E-state index contributed by atoms with van der Waals surface area (Å²) in [6, 6.07) is 8.05. The van der Waals surface area contributed by atoms with Crippen molar-refractivity contribution in [3.63, 3.8) is 0 Å². The fourth-order valence-corrected chi connectivity index (χ4v) is 3.07. The highest BCUT2D eigenvalue weighted by Crippen LogP contribution is 2.24. The Morgan fingerprint density at radius 1 is 1.28 bits per heavy atom. The van der Waals surface area contributed by atoms with E-state index >= 15 is 0 Å². The second-order valence-corrected chi connectivity index (χ2v) is 6.19. The Bertz CT molecular complexity index is 811. The van der Waals surface area contributed by atoms with E-state index in [0.29, 0.717) is 11.3 Å². The first kappa shape index (κ1) is 16.9. The van der Waals surface area contributed by atoms with E-state index in [9.17, 15) is 14.4 Å². The molecule has 5 nitrogen and oxygen atoms in total. The summed E-state index contributed by atoms with van der Waals surface area (Å²) in [7, 11) is 0. The molecule has 1 heterocycles. The molecule has 0 bridgehead atoms. The summed E-state index contributed by atoms with van der Waals surface area (Å²) in [5.74, 6) is -0.689. The van der Waals surface area contributed by atoms with Crippen LogP contribution in [0.4, 0.5) is 4.39 Å². The molecule has 0 unspecified atom stereocenters. The molecule has 0 saturated heterocycles. The molecule has 3 rings (SSSR count). The second-order valence-electron chi connectivity index (χ2n) is 6.19. The van der Waals surface area contributed by atoms with Gasteiger partial charge in [0.2, 0.25) is 0 Å². The van der Waals surface area contributed by atoms with Gasteiger partial charge in [-0.25, -0.2) is 4.39 Å². The van der Waals surface area contributed by atoms with Gasteiger partial charge in [-0.2, -0.15) is 10.4 Å². The van der Waals surface area contributed by atoms with Crippen LogP contribution in [0.25, 0.3) is 17.3 Å². The van der Waals surface area contributed by atoms with Gasteiger partial charge in [0.25, 0.3) is 5.91 Å². The molecule has 1 fully saturated rings. The van der Waals surface area contributed by atoms with Gasteiger partial charge in [0, 0.05) is 17.2 Å². The van der Waals surface area contributed by atoms with Crippen LogP contribution in [0, 0.1) is 17.1 Å². The average molecular weight is 338 g/mol. The standard InChI is InChI=1S/C19H19FN4O/c20-16-8-6-13(7-9-16)18-15(12-22-24-18)10-14(11-21)19(25)23-17-4-2-1-3-5-17/h6-10,12,17H,1-5H2,(H,22,24)(H,23,25). The van der Waals surface area contributed by atoms with E-state index < -0.39 is 0 Å². The number of rotatable bonds is 4. The number of nitriles is 1. The van der Waals surface area contributed by atoms with Crippen LogP contribution in [0.2, 0.25) is 0 Å². The molecule has 1 aliphatic carbocycles. The molecular weight excluding hydrogens is 319 g/mol. The number of amides is 1. The smallest absolute Gasteiger partial charge is 0.262 e. The normalized spacial score (nSPS) is 15.6. The number of hydrogen-bond donors (Lipinski definition) is 2. The SMILES string of the molecule is N#CC(=Cc1cn[nH]c1-c1ccc(F)cc1)C(=O)NC1CCCCC1. The molecule has 0 radical (unpaired) electrons.